The fourth-order valence-electron chi connectivity index (χ4n) is 3.25. The van der Waals surface area contributed by atoms with Crippen molar-refractivity contribution in [3.63, 3.8) is 0 Å². The first-order valence-corrected chi connectivity index (χ1v) is 9.91. The van der Waals surface area contributed by atoms with E-state index in [-0.39, 0.29) is 12.0 Å². The Morgan fingerprint density at radius 2 is 1.56 bits per heavy atom. The summed E-state index contributed by atoms with van der Waals surface area (Å²) in [6.45, 7) is 13.9. The van der Waals surface area contributed by atoms with E-state index in [2.05, 4.69) is 25.7 Å². The smallest absolute Gasteiger partial charge is 0.409 e. The van der Waals surface area contributed by atoms with Gasteiger partial charge in [0, 0.05) is 50.0 Å². The molecule has 0 bridgehead atoms. The summed E-state index contributed by atoms with van der Waals surface area (Å²) < 4.78 is 5.27. The van der Waals surface area contributed by atoms with Crippen LogP contribution in [-0.2, 0) is 4.74 Å². The lowest BCUT2D eigenvalue weighted by Gasteiger charge is -2.34. The SMILES string of the molecule is CCN(c1ccc(C(=O)N2CCN(C(=O)OCC(C)C)CC2)cc1)C(C)C. The minimum atomic E-state index is -0.284. The van der Waals surface area contributed by atoms with E-state index in [1.54, 1.807) is 9.80 Å². The molecule has 0 aliphatic carbocycles. The maximum Gasteiger partial charge on any atom is 0.409 e. The molecule has 0 atom stereocenters. The van der Waals surface area contributed by atoms with E-state index in [0.717, 1.165) is 12.2 Å². The molecule has 1 heterocycles. The van der Waals surface area contributed by atoms with Gasteiger partial charge in [-0.05, 0) is 51.0 Å². The molecule has 1 aromatic rings. The third kappa shape index (κ3) is 5.62. The summed E-state index contributed by atoms with van der Waals surface area (Å²) in [7, 11) is 0. The Bertz CT molecular complexity index is 620. The summed E-state index contributed by atoms with van der Waals surface area (Å²) >= 11 is 0. The molecule has 0 N–H and O–H groups in total. The van der Waals surface area contributed by atoms with Gasteiger partial charge in [0.1, 0.15) is 0 Å². The van der Waals surface area contributed by atoms with Crippen LogP contribution < -0.4 is 4.90 Å². The van der Waals surface area contributed by atoms with Gasteiger partial charge in [0.15, 0.2) is 0 Å². The van der Waals surface area contributed by atoms with E-state index < -0.39 is 0 Å². The Morgan fingerprint density at radius 1 is 1.00 bits per heavy atom. The summed E-state index contributed by atoms with van der Waals surface area (Å²) in [5, 5.41) is 0. The molecule has 2 amide bonds. The van der Waals surface area contributed by atoms with Gasteiger partial charge in [0.2, 0.25) is 0 Å². The molecular formula is C21H33N3O3. The van der Waals surface area contributed by atoms with Crippen molar-refractivity contribution < 1.29 is 14.3 Å². The monoisotopic (exact) mass is 375 g/mol. The van der Waals surface area contributed by atoms with Crippen LogP contribution in [0.15, 0.2) is 24.3 Å². The van der Waals surface area contributed by atoms with Crippen LogP contribution in [-0.4, -0.2) is 67.2 Å². The quantitative estimate of drug-likeness (QED) is 0.764. The molecule has 1 aromatic carbocycles. The molecule has 0 unspecified atom stereocenters. The highest BCUT2D eigenvalue weighted by atomic mass is 16.6. The van der Waals surface area contributed by atoms with Crippen LogP contribution in [0.4, 0.5) is 10.5 Å². The summed E-state index contributed by atoms with van der Waals surface area (Å²) in [6.07, 6.45) is -0.284. The average molecular weight is 376 g/mol. The Hall–Kier alpha value is -2.24. The zero-order valence-electron chi connectivity index (χ0n) is 17.3. The van der Waals surface area contributed by atoms with Gasteiger partial charge >= 0.3 is 6.09 Å². The number of piperazine rings is 1. The molecule has 0 saturated carbocycles. The fraction of sp³-hybridized carbons (Fsp3) is 0.619. The van der Waals surface area contributed by atoms with Crippen LogP contribution in [0.1, 0.15) is 45.0 Å². The Balaban J connectivity index is 1.91. The van der Waals surface area contributed by atoms with Crippen LogP contribution in [0.3, 0.4) is 0 Å². The van der Waals surface area contributed by atoms with E-state index >= 15 is 0 Å². The number of carbonyl (C=O) groups excluding carboxylic acids is 2. The summed E-state index contributed by atoms with van der Waals surface area (Å²) in [5.74, 6) is 0.337. The van der Waals surface area contributed by atoms with Gasteiger partial charge < -0.3 is 19.4 Å². The molecule has 2 rings (SSSR count). The summed E-state index contributed by atoms with van der Waals surface area (Å²) in [6, 6.07) is 8.23. The molecular weight excluding hydrogens is 342 g/mol. The number of nitrogens with zero attached hydrogens (tertiary/aromatic N) is 3. The van der Waals surface area contributed by atoms with Crippen molar-refractivity contribution in [1.29, 1.82) is 0 Å². The van der Waals surface area contributed by atoms with Crippen molar-refractivity contribution in [3.8, 4) is 0 Å². The minimum Gasteiger partial charge on any atom is -0.449 e. The first kappa shape index (κ1) is 21.1. The third-order valence-corrected chi connectivity index (χ3v) is 4.78. The Kier molecular flexibility index (Phi) is 7.51. The van der Waals surface area contributed by atoms with Crippen molar-refractivity contribution in [2.24, 2.45) is 5.92 Å². The maximum atomic E-state index is 12.8. The second-order valence-electron chi connectivity index (χ2n) is 7.68. The lowest BCUT2D eigenvalue weighted by Crippen LogP contribution is -2.50. The van der Waals surface area contributed by atoms with Gasteiger partial charge in [-0.3, -0.25) is 4.79 Å². The van der Waals surface area contributed by atoms with Crippen molar-refractivity contribution in [2.75, 3.05) is 44.2 Å². The lowest BCUT2D eigenvalue weighted by atomic mass is 10.1. The van der Waals surface area contributed by atoms with Gasteiger partial charge in [-0.1, -0.05) is 13.8 Å². The van der Waals surface area contributed by atoms with Gasteiger partial charge in [0.05, 0.1) is 6.61 Å². The van der Waals surface area contributed by atoms with Crippen molar-refractivity contribution in [3.05, 3.63) is 29.8 Å². The predicted molar refractivity (Wildman–Crippen MR) is 108 cm³/mol. The molecule has 1 fully saturated rings. The Morgan fingerprint density at radius 3 is 2.04 bits per heavy atom. The van der Waals surface area contributed by atoms with Gasteiger partial charge in [-0.25, -0.2) is 4.79 Å². The van der Waals surface area contributed by atoms with Crippen molar-refractivity contribution in [2.45, 2.75) is 40.7 Å². The van der Waals surface area contributed by atoms with Crippen molar-refractivity contribution >= 4 is 17.7 Å². The zero-order chi connectivity index (χ0) is 20.0. The Labute approximate surface area is 163 Å². The molecule has 150 valence electrons. The van der Waals surface area contributed by atoms with Crippen LogP contribution in [0.5, 0.6) is 0 Å². The molecule has 0 spiro atoms. The second-order valence-corrected chi connectivity index (χ2v) is 7.68. The lowest BCUT2D eigenvalue weighted by molar-refractivity contribution is 0.0535. The van der Waals surface area contributed by atoms with Crippen LogP contribution >= 0.6 is 0 Å². The number of hydrogen-bond acceptors (Lipinski definition) is 4. The van der Waals surface area contributed by atoms with Crippen LogP contribution in [0.25, 0.3) is 0 Å². The van der Waals surface area contributed by atoms with Crippen molar-refractivity contribution in [1.82, 2.24) is 9.80 Å². The number of ether oxygens (including phenoxy) is 1. The minimum absolute atomic E-state index is 0.0179. The highest BCUT2D eigenvalue weighted by molar-refractivity contribution is 5.94. The number of benzene rings is 1. The summed E-state index contributed by atoms with van der Waals surface area (Å²) in [4.78, 5) is 30.6. The molecule has 6 nitrogen and oxygen atoms in total. The molecule has 1 saturated heterocycles. The molecule has 1 aliphatic heterocycles. The largest absolute Gasteiger partial charge is 0.449 e. The number of amides is 2. The fourth-order valence-corrected chi connectivity index (χ4v) is 3.25. The van der Waals surface area contributed by atoms with Gasteiger partial charge in [0.25, 0.3) is 5.91 Å². The first-order valence-electron chi connectivity index (χ1n) is 9.91. The normalized spacial score (nSPS) is 14.6. The van der Waals surface area contributed by atoms with E-state index in [4.69, 9.17) is 4.74 Å². The standard InChI is InChI=1S/C21H33N3O3/c1-6-24(17(4)5)19-9-7-18(8-10-19)20(25)22-11-13-23(14-12-22)21(26)27-15-16(2)3/h7-10,16-17H,6,11-15H2,1-5H3. The zero-order valence-corrected chi connectivity index (χ0v) is 17.3. The number of hydrogen-bond donors (Lipinski definition) is 0. The predicted octanol–water partition coefficient (Wildman–Crippen LogP) is 3.47. The van der Waals surface area contributed by atoms with E-state index in [0.29, 0.717) is 50.3 Å². The molecule has 6 heteroatoms. The topological polar surface area (TPSA) is 53.1 Å². The summed E-state index contributed by atoms with van der Waals surface area (Å²) in [5.41, 5.74) is 1.82. The average Bonchev–Trinajstić information content (AvgIpc) is 2.66. The number of anilines is 1. The molecule has 0 radical (unpaired) electrons. The molecule has 1 aliphatic rings. The first-order chi connectivity index (χ1) is 12.8. The molecule has 27 heavy (non-hydrogen) atoms. The van der Waals surface area contributed by atoms with Crippen LogP contribution in [0.2, 0.25) is 0 Å². The highest BCUT2D eigenvalue weighted by Gasteiger charge is 2.25. The van der Waals surface area contributed by atoms with E-state index in [1.165, 1.54) is 0 Å². The second kappa shape index (κ2) is 9.62. The third-order valence-electron chi connectivity index (χ3n) is 4.78. The van der Waals surface area contributed by atoms with E-state index in [1.807, 2.05) is 38.1 Å². The number of carbonyl (C=O) groups is 2. The van der Waals surface area contributed by atoms with E-state index in [9.17, 15) is 9.59 Å². The number of rotatable bonds is 6. The van der Waals surface area contributed by atoms with Gasteiger partial charge in [-0.15, -0.1) is 0 Å². The highest BCUT2D eigenvalue weighted by Crippen LogP contribution is 2.19. The maximum absolute atomic E-state index is 12.8. The van der Waals surface area contributed by atoms with Gasteiger partial charge in [-0.2, -0.15) is 0 Å². The molecule has 0 aromatic heterocycles. The van der Waals surface area contributed by atoms with Crippen LogP contribution in [0, 0.1) is 5.92 Å².